The molecule has 4 nitrogen and oxygen atoms in total. The van der Waals surface area contributed by atoms with Crippen LogP contribution in [0.5, 0.6) is 0 Å². The summed E-state index contributed by atoms with van der Waals surface area (Å²) in [6, 6.07) is 15.4. The van der Waals surface area contributed by atoms with Crippen molar-refractivity contribution in [2.24, 2.45) is 0 Å². The average Bonchev–Trinajstić information content (AvgIpc) is 2.64. The molecule has 0 atom stereocenters. The van der Waals surface area contributed by atoms with Gasteiger partial charge in [-0.05, 0) is 29.8 Å². The molecule has 0 radical (unpaired) electrons. The van der Waals surface area contributed by atoms with Crippen LogP contribution in [0.2, 0.25) is 15.1 Å². The van der Waals surface area contributed by atoms with E-state index in [-0.39, 0.29) is 14.9 Å². The number of benzene rings is 2. The Morgan fingerprint density at radius 2 is 1.70 bits per heavy atom. The predicted octanol–water partition coefficient (Wildman–Crippen LogP) is 6.13. The average molecular weight is 460 g/mol. The lowest BCUT2D eigenvalue weighted by Crippen LogP contribution is -2.14. The van der Waals surface area contributed by atoms with Crippen LogP contribution in [0.15, 0.2) is 70.7 Å². The van der Waals surface area contributed by atoms with Crippen molar-refractivity contribution >= 4 is 62.3 Å². The van der Waals surface area contributed by atoms with Crippen LogP contribution in [0.3, 0.4) is 0 Å². The molecule has 1 aromatic heterocycles. The smallest absolute Gasteiger partial charge is 0.262 e. The molecule has 0 amide bonds. The lowest BCUT2D eigenvalue weighted by molar-refractivity contribution is 0.601. The molecule has 9 heteroatoms. The largest absolute Gasteiger partial charge is 0.277 e. The van der Waals surface area contributed by atoms with Gasteiger partial charge in [0.25, 0.3) is 10.0 Å². The van der Waals surface area contributed by atoms with Gasteiger partial charge in [-0.15, -0.1) is 0 Å². The predicted molar refractivity (Wildman–Crippen MR) is 113 cm³/mol. The molecule has 1 N–H and O–H groups in total. The van der Waals surface area contributed by atoms with Gasteiger partial charge in [-0.3, -0.25) is 4.72 Å². The number of hydrogen-bond donors (Lipinski definition) is 1. The number of nitrogens with one attached hydrogen (secondary N) is 1. The van der Waals surface area contributed by atoms with Crippen molar-refractivity contribution in [3.63, 3.8) is 0 Å². The molecular formula is C18H13Cl3N2O2S2. The second-order valence-electron chi connectivity index (χ2n) is 5.46. The SMILES string of the molecule is O=S(=O)(Nc1cc(Cl)cnc1SCc1ccccc1)c1ccc(Cl)c(Cl)c1. The highest BCUT2D eigenvalue weighted by molar-refractivity contribution is 7.98. The minimum atomic E-state index is -3.88. The summed E-state index contributed by atoms with van der Waals surface area (Å²) in [6.07, 6.45) is 1.48. The maximum absolute atomic E-state index is 12.7. The first kappa shape index (κ1) is 20.3. The third kappa shape index (κ3) is 5.30. The number of halogens is 3. The monoisotopic (exact) mass is 458 g/mol. The topological polar surface area (TPSA) is 59.1 Å². The number of thioether (sulfide) groups is 1. The molecule has 0 saturated carbocycles. The molecule has 3 rings (SSSR count). The second kappa shape index (κ2) is 8.71. The van der Waals surface area contributed by atoms with Crippen LogP contribution in [0.25, 0.3) is 0 Å². The lowest BCUT2D eigenvalue weighted by atomic mass is 10.2. The van der Waals surface area contributed by atoms with Gasteiger partial charge in [0.2, 0.25) is 0 Å². The van der Waals surface area contributed by atoms with E-state index in [1.54, 1.807) is 0 Å². The van der Waals surface area contributed by atoms with Crippen LogP contribution in [0.4, 0.5) is 5.69 Å². The van der Waals surface area contributed by atoms with E-state index < -0.39 is 10.0 Å². The summed E-state index contributed by atoms with van der Waals surface area (Å²) in [5.41, 5.74) is 1.40. The van der Waals surface area contributed by atoms with Crippen molar-refractivity contribution in [3.8, 4) is 0 Å². The van der Waals surface area contributed by atoms with E-state index in [0.29, 0.717) is 21.5 Å². The minimum absolute atomic E-state index is 0.00381. The first-order valence-electron chi connectivity index (χ1n) is 7.65. The highest BCUT2D eigenvalue weighted by atomic mass is 35.5. The number of nitrogens with zero attached hydrogens (tertiary/aromatic N) is 1. The van der Waals surface area contributed by atoms with Gasteiger partial charge in [0.15, 0.2) is 0 Å². The van der Waals surface area contributed by atoms with Gasteiger partial charge < -0.3 is 0 Å². The van der Waals surface area contributed by atoms with Crippen molar-refractivity contribution in [2.45, 2.75) is 15.7 Å². The van der Waals surface area contributed by atoms with Gasteiger partial charge in [0.1, 0.15) is 5.03 Å². The third-order valence-electron chi connectivity index (χ3n) is 3.48. The van der Waals surface area contributed by atoms with Crippen LogP contribution in [-0.4, -0.2) is 13.4 Å². The molecule has 0 unspecified atom stereocenters. The van der Waals surface area contributed by atoms with Gasteiger partial charge in [-0.2, -0.15) is 0 Å². The van der Waals surface area contributed by atoms with E-state index in [1.165, 1.54) is 42.2 Å². The quantitative estimate of drug-likeness (QED) is 0.450. The number of aromatic nitrogens is 1. The van der Waals surface area contributed by atoms with Crippen LogP contribution >= 0.6 is 46.6 Å². The standard InChI is InChI=1S/C18H13Cl3N2O2S2/c19-13-8-17(18(22-10-13)26-11-12-4-2-1-3-5-12)23-27(24,25)14-6-7-15(20)16(21)9-14/h1-10,23H,11H2. The van der Waals surface area contributed by atoms with E-state index in [9.17, 15) is 8.42 Å². The first-order chi connectivity index (χ1) is 12.8. The first-order valence-corrected chi connectivity index (χ1v) is 11.3. The summed E-state index contributed by atoms with van der Waals surface area (Å²) in [6.45, 7) is 0. The van der Waals surface area contributed by atoms with Crippen molar-refractivity contribution in [2.75, 3.05) is 4.72 Å². The van der Waals surface area contributed by atoms with Crippen LogP contribution in [0.1, 0.15) is 5.56 Å². The van der Waals surface area contributed by atoms with Crippen molar-refractivity contribution in [1.82, 2.24) is 4.98 Å². The highest BCUT2D eigenvalue weighted by Gasteiger charge is 2.18. The second-order valence-corrected chi connectivity index (χ2v) is 9.36. The zero-order valence-electron chi connectivity index (χ0n) is 13.7. The van der Waals surface area contributed by atoms with E-state index >= 15 is 0 Å². The zero-order chi connectivity index (χ0) is 19.4. The summed E-state index contributed by atoms with van der Waals surface area (Å²) in [4.78, 5) is 4.26. The number of anilines is 1. The molecule has 2 aromatic carbocycles. The number of sulfonamides is 1. The summed E-state index contributed by atoms with van der Waals surface area (Å²) < 4.78 is 27.9. The van der Waals surface area contributed by atoms with Crippen LogP contribution < -0.4 is 4.72 Å². The molecule has 27 heavy (non-hydrogen) atoms. The van der Waals surface area contributed by atoms with Crippen molar-refractivity contribution in [1.29, 1.82) is 0 Å². The molecular weight excluding hydrogens is 447 g/mol. The third-order valence-corrected chi connectivity index (χ3v) is 6.87. The van der Waals surface area contributed by atoms with E-state index in [0.717, 1.165) is 5.56 Å². The fourth-order valence-corrected chi connectivity index (χ4v) is 4.75. The summed E-state index contributed by atoms with van der Waals surface area (Å²) in [5.74, 6) is 0.636. The molecule has 0 bridgehead atoms. The number of rotatable bonds is 6. The fraction of sp³-hybridized carbons (Fsp3) is 0.0556. The number of pyridine rings is 1. The maximum atomic E-state index is 12.7. The van der Waals surface area contributed by atoms with Crippen molar-refractivity contribution in [3.05, 3.63) is 81.4 Å². The minimum Gasteiger partial charge on any atom is -0.277 e. The van der Waals surface area contributed by atoms with Gasteiger partial charge in [-0.25, -0.2) is 13.4 Å². The normalized spacial score (nSPS) is 11.4. The highest BCUT2D eigenvalue weighted by Crippen LogP contribution is 2.32. The van der Waals surface area contributed by atoms with Gasteiger partial charge in [0, 0.05) is 11.9 Å². The summed E-state index contributed by atoms with van der Waals surface area (Å²) >= 11 is 19.2. The van der Waals surface area contributed by atoms with Crippen molar-refractivity contribution < 1.29 is 8.42 Å². The molecule has 3 aromatic rings. The molecule has 0 saturated heterocycles. The fourth-order valence-electron chi connectivity index (χ4n) is 2.19. The molecule has 0 aliphatic rings. The Balaban J connectivity index is 1.87. The van der Waals surface area contributed by atoms with Gasteiger partial charge in [-0.1, -0.05) is 76.9 Å². The molecule has 0 aliphatic carbocycles. The zero-order valence-corrected chi connectivity index (χ0v) is 17.6. The Bertz CT molecular complexity index is 1060. The Morgan fingerprint density at radius 1 is 0.963 bits per heavy atom. The van der Waals surface area contributed by atoms with E-state index in [4.69, 9.17) is 34.8 Å². The van der Waals surface area contributed by atoms with Gasteiger partial charge >= 0.3 is 0 Å². The Morgan fingerprint density at radius 3 is 2.41 bits per heavy atom. The summed E-state index contributed by atoms with van der Waals surface area (Å²) in [5, 5.41) is 1.28. The summed E-state index contributed by atoms with van der Waals surface area (Å²) in [7, 11) is -3.88. The maximum Gasteiger partial charge on any atom is 0.262 e. The molecule has 1 heterocycles. The van der Waals surface area contributed by atoms with Crippen LogP contribution in [-0.2, 0) is 15.8 Å². The Kier molecular flexibility index (Phi) is 6.55. The van der Waals surface area contributed by atoms with E-state index in [2.05, 4.69) is 9.71 Å². The molecule has 0 fully saturated rings. The molecule has 140 valence electrons. The molecule has 0 spiro atoms. The van der Waals surface area contributed by atoms with E-state index in [1.807, 2.05) is 30.3 Å². The lowest BCUT2D eigenvalue weighted by Gasteiger charge is -2.12. The van der Waals surface area contributed by atoms with Crippen LogP contribution in [0, 0.1) is 0 Å². The molecule has 0 aliphatic heterocycles. The Labute approximate surface area is 176 Å². The Hall–Kier alpha value is -1.44. The van der Waals surface area contributed by atoms with Gasteiger partial charge in [0.05, 0.1) is 25.7 Å². The number of hydrogen-bond acceptors (Lipinski definition) is 4.